The summed E-state index contributed by atoms with van der Waals surface area (Å²) in [5, 5.41) is 17.7. The fraction of sp³-hybridized carbons (Fsp3) is 0.316. The number of fused-ring (bicyclic) bond motifs is 1. The van der Waals surface area contributed by atoms with Gasteiger partial charge in [0.2, 0.25) is 0 Å². The Morgan fingerprint density at radius 1 is 1.24 bits per heavy atom. The Labute approximate surface area is 157 Å². The molecule has 6 heteroatoms. The lowest BCUT2D eigenvalue weighted by molar-refractivity contribution is 0.244. The number of hydrogen-bond acceptors (Lipinski definition) is 4. The van der Waals surface area contributed by atoms with Crippen LogP contribution in [0.1, 0.15) is 12.5 Å². The van der Waals surface area contributed by atoms with E-state index in [1.54, 1.807) is 11.9 Å². The summed E-state index contributed by atoms with van der Waals surface area (Å²) in [5.74, 6) is 0.458. The third-order valence-corrected chi connectivity index (χ3v) is 5.64. The second-order valence-corrected chi connectivity index (χ2v) is 7.40. The number of anilines is 1. The molecule has 0 aliphatic carbocycles. The zero-order valence-corrected chi connectivity index (χ0v) is 15.7. The fourth-order valence-electron chi connectivity index (χ4n) is 2.59. The van der Waals surface area contributed by atoms with Gasteiger partial charge in [0, 0.05) is 40.9 Å². The highest BCUT2D eigenvalue weighted by molar-refractivity contribution is 8.00. The van der Waals surface area contributed by atoms with Crippen molar-refractivity contribution in [2.45, 2.75) is 18.2 Å². The fourth-order valence-corrected chi connectivity index (χ4v) is 3.86. The minimum Gasteiger partial charge on any atom is -0.396 e. The normalized spacial score (nSPS) is 12.4. The van der Waals surface area contributed by atoms with Crippen LogP contribution in [0.2, 0.25) is 0 Å². The monoisotopic (exact) mass is 375 g/mol. The van der Waals surface area contributed by atoms with Gasteiger partial charge in [0.15, 0.2) is 0 Å². The Bertz CT molecular complexity index is 802. The largest absolute Gasteiger partial charge is 0.396 e. The summed E-state index contributed by atoms with van der Waals surface area (Å²) < 4.78 is 2.20. The maximum Gasteiger partial charge on any atom is 0.0651 e. The molecule has 4 nitrogen and oxygen atoms in total. The molecule has 0 aliphatic heterocycles. The Balaban J connectivity index is 1.85. The molecule has 0 radical (unpaired) electrons. The van der Waals surface area contributed by atoms with Crippen molar-refractivity contribution >= 4 is 40.1 Å². The van der Waals surface area contributed by atoms with Gasteiger partial charge in [-0.25, -0.2) is 0 Å². The van der Waals surface area contributed by atoms with Gasteiger partial charge in [-0.05, 0) is 54.3 Å². The summed E-state index contributed by atoms with van der Waals surface area (Å²) in [4.78, 5) is 1.12. The predicted octanol–water partition coefficient (Wildman–Crippen LogP) is 4.49. The molecule has 0 bridgehead atoms. The van der Waals surface area contributed by atoms with E-state index in [4.69, 9.17) is 11.6 Å². The maximum atomic E-state index is 9.55. The minimum atomic E-state index is 0.0256. The second-order valence-electron chi connectivity index (χ2n) is 5.99. The molecule has 0 fully saturated rings. The first-order valence-electron chi connectivity index (χ1n) is 8.38. The standard InChI is InChI=1S/C19H22ClN3OS/c1-2-14-3-5-17(6-4-14)23(12-15(10-20)13-24)25-18-7-8-19-16(9-18)11-21-22-19/h3-9,11,15,24H,2,10,12-13H2,1H3,(H,21,22). The summed E-state index contributed by atoms with van der Waals surface area (Å²) in [6, 6.07) is 14.8. The summed E-state index contributed by atoms with van der Waals surface area (Å²) >= 11 is 7.66. The van der Waals surface area contributed by atoms with Gasteiger partial charge in [-0.2, -0.15) is 5.10 Å². The quantitative estimate of drug-likeness (QED) is 0.450. The number of aromatic amines is 1. The predicted molar refractivity (Wildman–Crippen MR) is 106 cm³/mol. The van der Waals surface area contributed by atoms with Crippen molar-refractivity contribution in [3.8, 4) is 0 Å². The number of aromatic nitrogens is 2. The molecule has 1 heterocycles. The van der Waals surface area contributed by atoms with Crippen LogP contribution in [0, 0.1) is 5.92 Å². The van der Waals surface area contributed by atoms with Gasteiger partial charge >= 0.3 is 0 Å². The van der Waals surface area contributed by atoms with E-state index in [0.717, 1.165) is 27.9 Å². The van der Waals surface area contributed by atoms with Crippen molar-refractivity contribution in [1.29, 1.82) is 0 Å². The van der Waals surface area contributed by atoms with E-state index >= 15 is 0 Å². The number of nitrogens with zero attached hydrogens (tertiary/aromatic N) is 2. The lowest BCUT2D eigenvalue weighted by Gasteiger charge is -2.27. The van der Waals surface area contributed by atoms with E-state index < -0.39 is 0 Å². The zero-order chi connectivity index (χ0) is 17.6. The third kappa shape index (κ3) is 4.48. The first-order chi connectivity index (χ1) is 12.2. The molecule has 0 saturated heterocycles. The molecule has 2 N–H and O–H groups in total. The Morgan fingerprint density at radius 2 is 2.04 bits per heavy atom. The lowest BCUT2D eigenvalue weighted by Crippen LogP contribution is -2.26. The van der Waals surface area contributed by atoms with E-state index in [0.29, 0.717) is 12.4 Å². The third-order valence-electron chi connectivity index (χ3n) is 4.16. The summed E-state index contributed by atoms with van der Waals surface area (Å²) in [7, 11) is 0. The van der Waals surface area contributed by atoms with Crippen LogP contribution in [0.25, 0.3) is 10.9 Å². The van der Waals surface area contributed by atoms with E-state index in [1.807, 2.05) is 12.3 Å². The van der Waals surface area contributed by atoms with Crippen LogP contribution in [-0.2, 0) is 6.42 Å². The number of benzene rings is 2. The van der Waals surface area contributed by atoms with Crippen molar-refractivity contribution < 1.29 is 5.11 Å². The summed E-state index contributed by atoms with van der Waals surface area (Å²) in [5.41, 5.74) is 3.44. The number of aryl methyl sites for hydroxylation is 1. The SMILES string of the molecule is CCc1ccc(N(CC(CO)CCl)Sc2ccc3[nH]ncc3c2)cc1. The van der Waals surface area contributed by atoms with Crippen LogP contribution in [0.15, 0.2) is 53.6 Å². The highest BCUT2D eigenvalue weighted by atomic mass is 35.5. The first kappa shape index (κ1) is 18.1. The molecule has 25 heavy (non-hydrogen) atoms. The van der Waals surface area contributed by atoms with Gasteiger partial charge in [-0.3, -0.25) is 5.10 Å². The molecular formula is C19H22ClN3OS. The highest BCUT2D eigenvalue weighted by Gasteiger charge is 2.16. The van der Waals surface area contributed by atoms with Gasteiger partial charge in [0.05, 0.1) is 11.7 Å². The van der Waals surface area contributed by atoms with Crippen molar-refractivity contribution in [2.24, 2.45) is 5.92 Å². The van der Waals surface area contributed by atoms with Crippen LogP contribution >= 0.6 is 23.5 Å². The topological polar surface area (TPSA) is 52.1 Å². The molecule has 1 unspecified atom stereocenters. The van der Waals surface area contributed by atoms with Crippen LogP contribution < -0.4 is 4.31 Å². The molecule has 3 aromatic rings. The van der Waals surface area contributed by atoms with E-state index in [-0.39, 0.29) is 12.5 Å². The minimum absolute atomic E-state index is 0.0256. The van der Waals surface area contributed by atoms with Crippen LogP contribution in [0.4, 0.5) is 5.69 Å². The van der Waals surface area contributed by atoms with Crippen LogP contribution in [0.5, 0.6) is 0 Å². The van der Waals surface area contributed by atoms with Crippen molar-refractivity contribution in [3.63, 3.8) is 0 Å². The average Bonchev–Trinajstić information content (AvgIpc) is 3.13. The molecule has 1 atom stereocenters. The molecule has 132 valence electrons. The van der Waals surface area contributed by atoms with Crippen molar-refractivity contribution in [1.82, 2.24) is 10.2 Å². The number of aliphatic hydroxyl groups excluding tert-OH is 1. The molecule has 3 rings (SSSR count). The van der Waals surface area contributed by atoms with E-state index in [2.05, 4.69) is 57.8 Å². The molecule has 0 spiro atoms. The number of alkyl halides is 1. The van der Waals surface area contributed by atoms with Gasteiger partial charge in [-0.15, -0.1) is 11.6 Å². The lowest BCUT2D eigenvalue weighted by atomic mass is 10.1. The van der Waals surface area contributed by atoms with E-state index in [1.165, 1.54) is 5.56 Å². The number of H-pyrrole nitrogens is 1. The van der Waals surface area contributed by atoms with Crippen molar-refractivity contribution in [3.05, 3.63) is 54.2 Å². The number of hydrogen-bond donors (Lipinski definition) is 2. The molecule has 2 aromatic carbocycles. The number of halogens is 1. The molecular weight excluding hydrogens is 354 g/mol. The van der Waals surface area contributed by atoms with Gasteiger partial charge in [-0.1, -0.05) is 19.1 Å². The van der Waals surface area contributed by atoms with Crippen LogP contribution in [-0.4, -0.2) is 34.3 Å². The Kier molecular flexibility index (Phi) is 6.24. The highest BCUT2D eigenvalue weighted by Crippen LogP contribution is 2.31. The maximum absolute atomic E-state index is 9.55. The second kappa shape index (κ2) is 8.61. The molecule has 0 amide bonds. The van der Waals surface area contributed by atoms with Gasteiger partial charge in [0.1, 0.15) is 0 Å². The Hall–Kier alpha value is -1.69. The van der Waals surface area contributed by atoms with E-state index in [9.17, 15) is 5.11 Å². The number of rotatable bonds is 8. The summed E-state index contributed by atoms with van der Waals surface area (Å²) in [6.07, 6.45) is 2.85. The van der Waals surface area contributed by atoms with Gasteiger partial charge in [0.25, 0.3) is 0 Å². The average molecular weight is 376 g/mol. The summed E-state index contributed by atoms with van der Waals surface area (Å²) in [6.45, 7) is 2.91. The first-order valence-corrected chi connectivity index (χ1v) is 9.68. The Morgan fingerprint density at radius 3 is 2.72 bits per heavy atom. The number of nitrogens with one attached hydrogen (secondary N) is 1. The molecule has 0 saturated carbocycles. The zero-order valence-electron chi connectivity index (χ0n) is 14.2. The number of aliphatic hydroxyl groups is 1. The van der Waals surface area contributed by atoms with Crippen molar-refractivity contribution in [2.75, 3.05) is 23.3 Å². The smallest absolute Gasteiger partial charge is 0.0651 e. The molecule has 1 aromatic heterocycles. The van der Waals surface area contributed by atoms with Crippen LogP contribution in [0.3, 0.4) is 0 Å². The van der Waals surface area contributed by atoms with Gasteiger partial charge < -0.3 is 9.41 Å². The molecule has 0 aliphatic rings.